The first-order chi connectivity index (χ1) is 29.5. The summed E-state index contributed by atoms with van der Waals surface area (Å²) in [6, 6.07) is 71.0. The van der Waals surface area contributed by atoms with Gasteiger partial charge in [-0.25, -0.2) is 0 Å². The van der Waals surface area contributed by atoms with Gasteiger partial charge in [0.2, 0.25) is 0 Å². The Bertz CT molecular complexity index is 3730. The molecule has 0 amide bonds. The topological polar surface area (TPSA) is 23.0 Å². The molecule has 0 radical (unpaired) electrons. The standard InChI is InChI=1S/C57H38N2O/c1-57(2)49-20-9-6-15-41(49)44-29-30-45-48-34-37(36-25-31-51-47(33-36)42-16-7-10-21-50(42)58(51)38-13-4-3-5-14-38)26-32-52(48)59(55(45)54(44)57)39-27-23-35(24-28-39)40-18-12-19-46-43-17-8-11-22-53(43)60-56(40)46/h3-34H,1-2H3. The lowest BCUT2D eigenvalue weighted by atomic mass is 9.81. The number of furan rings is 1. The third kappa shape index (κ3) is 4.55. The molecule has 3 aromatic heterocycles. The maximum Gasteiger partial charge on any atom is 0.143 e. The Hall–Kier alpha value is -7.62. The van der Waals surface area contributed by atoms with Crippen molar-refractivity contribution in [1.82, 2.24) is 9.13 Å². The molecule has 0 aliphatic heterocycles. The third-order valence-electron chi connectivity index (χ3n) is 13.3. The van der Waals surface area contributed by atoms with E-state index >= 15 is 0 Å². The predicted octanol–water partition coefficient (Wildman–Crippen LogP) is 15.4. The van der Waals surface area contributed by atoms with Crippen molar-refractivity contribution < 1.29 is 4.42 Å². The summed E-state index contributed by atoms with van der Waals surface area (Å²) in [5.74, 6) is 0. The first kappa shape index (κ1) is 33.4. The molecule has 0 bridgehead atoms. The van der Waals surface area contributed by atoms with E-state index in [4.69, 9.17) is 4.42 Å². The Morgan fingerprint density at radius 3 is 1.80 bits per heavy atom. The van der Waals surface area contributed by atoms with Crippen molar-refractivity contribution in [2.45, 2.75) is 19.3 Å². The summed E-state index contributed by atoms with van der Waals surface area (Å²) < 4.78 is 11.4. The van der Waals surface area contributed by atoms with Crippen molar-refractivity contribution in [3.63, 3.8) is 0 Å². The maximum absolute atomic E-state index is 6.47. The normalized spacial score (nSPS) is 13.3. The molecule has 282 valence electrons. The number of benzene rings is 9. The van der Waals surface area contributed by atoms with Gasteiger partial charge in [0.25, 0.3) is 0 Å². The lowest BCUT2D eigenvalue weighted by Crippen LogP contribution is -2.16. The van der Waals surface area contributed by atoms with Crippen LogP contribution in [0.25, 0.3) is 110 Å². The molecule has 60 heavy (non-hydrogen) atoms. The van der Waals surface area contributed by atoms with Crippen molar-refractivity contribution in [1.29, 1.82) is 0 Å². The molecule has 3 heteroatoms. The maximum atomic E-state index is 6.47. The minimum Gasteiger partial charge on any atom is -0.455 e. The summed E-state index contributed by atoms with van der Waals surface area (Å²) in [5, 5.41) is 7.32. The molecular weight excluding hydrogens is 729 g/mol. The highest BCUT2D eigenvalue weighted by Crippen LogP contribution is 2.53. The fourth-order valence-corrected chi connectivity index (χ4v) is 10.6. The van der Waals surface area contributed by atoms with Crippen molar-refractivity contribution in [2.75, 3.05) is 0 Å². The van der Waals surface area contributed by atoms with E-state index in [0.717, 1.165) is 38.8 Å². The van der Waals surface area contributed by atoms with Gasteiger partial charge in [0.05, 0.1) is 22.1 Å². The van der Waals surface area contributed by atoms with Crippen LogP contribution in [0.3, 0.4) is 0 Å². The van der Waals surface area contributed by atoms with E-state index in [2.05, 4.69) is 211 Å². The van der Waals surface area contributed by atoms with Gasteiger partial charge in [-0.15, -0.1) is 0 Å². The zero-order valence-corrected chi connectivity index (χ0v) is 33.3. The largest absolute Gasteiger partial charge is 0.455 e. The van der Waals surface area contributed by atoms with Gasteiger partial charge in [0, 0.05) is 54.7 Å². The van der Waals surface area contributed by atoms with Gasteiger partial charge in [0.1, 0.15) is 11.2 Å². The number of aromatic nitrogens is 2. The first-order valence-electron chi connectivity index (χ1n) is 20.8. The molecule has 12 aromatic rings. The molecule has 9 aromatic carbocycles. The Balaban J connectivity index is 1.02. The second kappa shape index (κ2) is 12.2. The van der Waals surface area contributed by atoms with E-state index < -0.39 is 0 Å². The molecule has 3 heterocycles. The van der Waals surface area contributed by atoms with E-state index in [-0.39, 0.29) is 5.41 Å². The zero-order valence-electron chi connectivity index (χ0n) is 33.3. The molecule has 13 rings (SSSR count). The van der Waals surface area contributed by atoms with Gasteiger partial charge >= 0.3 is 0 Å². The minimum absolute atomic E-state index is 0.185. The first-order valence-corrected chi connectivity index (χ1v) is 20.8. The molecule has 0 saturated carbocycles. The van der Waals surface area contributed by atoms with Crippen LogP contribution in [0.4, 0.5) is 0 Å². The van der Waals surface area contributed by atoms with Gasteiger partial charge in [-0.05, 0) is 99.6 Å². The monoisotopic (exact) mass is 766 g/mol. The van der Waals surface area contributed by atoms with Crippen LogP contribution in [0.5, 0.6) is 0 Å². The summed E-state index contributed by atoms with van der Waals surface area (Å²) in [4.78, 5) is 0. The molecule has 0 saturated heterocycles. The van der Waals surface area contributed by atoms with Crippen molar-refractivity contribution in [2.24, 2.45) is 0 Å². The highest BCUT2D eigenvalue weighted by atomic mass is 16.3. The van der Waals surface area contributed by atoms with E-state index in [9.17, 15) is 0 Å². The predicted molar refractivity (Wildman–Crippen MR) is 251 cm³/mol. The summed E-state index contributed by atoms with van der Waals surface area (Å²) in [6.45, 7) is 4.78. The Morgan fingerprint density at radius 1 is 0.383 bits per heavy atom. The molecule has 0 spiro atoms. The second-order valence-electron chi connectivity index (χ2n) is 16.9. The van der Waals surface area contributed by atoms with Gasteiger partial charge in [0.15, 0.2) is 0 Å². The Labute approximate surface area is 347 Å². The molecule has 3 nitrogen and oxygen atoms in total. The van der Waals surface area contributed by atoms with Crippen LogP contribution in [0.1, 0.15) is 25.0 Å². The quantitative estimate of drug-likeness (QED) is 0.175. The summed E-state index contributed by atoms with van der Waals surface area (Å²) in [7, 11) is 0. The molecule has 0 unspecified atom stereocenters. The molecule has 0 atom stereocenters. The number of fused-ring (bicyclic) bond motifs is 13. The molecule has 1 aliphatic carbocycles. The molecular formula is C57H38N2O. The average molecular weight is 767 g/mol. The fraction of sp³-hybridized carbons (Fsp3) is 0.0526. The zero-order chi connectivity index (χ0) is 39.7. The van der Waals surface area contributed by atoms with E-state index in [1.807, 2.05) is 6.07 Å². The van der Waals surface area contributed by atoms with Crippen molar-refractivity contribution in [3.05, 3.63) is 205 Å². The van der Waals surface area contributed by atoms with Crippen LogP contribution in [0, 0.1) is 0 Å². The Morgan fingerprint density at radius 2 is 0.983 bits per heavy atom. The van der Waals surface area contributed by atoms with Crippen LogP contribution in [-0.2, 0) is 5.41 Å². The Kier molecular flexibility index (Phi) is 6.78. The van der Waals surface area contributed by atoms with Gasteiger partial charge in [-0.3, -0.25) is 0 Å². The minimum atomic E-state index is -0.185. The van der Waals surface area contributed by atoms with Gasteiger partial charge in [-0.2, -0.15) is 0 Å². The van der Waals surface area contributed by atoms with Crippen LogP contribution in [0.15, 0.2) is 199 Å². The lowest BCUT2D eigenvalue weighted by molar-refractivity contribution is 0.664. The van der Waals surface area contributed by atoms with Crippen LogP contribution >= 0.6 is 0 Å². The highest BCUT2D eigenvalue weighted by Gasteiger charge is 2.38. The summed E-state index contributed by atoms with van der Waals surface area (Å²) in [6.07, 6.45) is 0. The van der Waals surface area contributed by atoms with Gasteiger partial charge in [-0.1, -0.05) is 147 Å². The number of nitrogens with zero attached hydrogens (tertiary/aromatic N) is 2. The highest BCUT2D eigenvalue weighted by molar-refractivity contribution is 6.15. The second-order valence-corrected chi connectivity index (χ2v) is 16.9. The van der Waals surface area contributed by atoms with E-state index in [1.165, 1.54) is 82.7 Å². The molecule has 1 aliphatic rings. The van der Waals surface area contributed by atoms with Crippen molar-refractivity contribution >= 4 is 65.6 Å². The summed E-state index contributed by atoms with van der Waals surface area (Å²) in [5.41, 5.74) is 18.9. The van der Waals surface area contributed by atoms with Crippen LogP contribution in [0.2, 0.25) is 0 Å². The fourth-order valence-electron chi connectivity index (χ4n) is 10.6. The lowest BCUT2D eigenvalue weighted by Gasteiger charge is -2.23. The third-order valence-corrected chi connectivity index (χ3v) is 13.3. The number of para-hydroxylation sites is 4. The van der Waals surface area contributed by atoms with Crippen LogP contribution in [-0.4, -0.2) is 9.13 Å². The molecule has 0 N–H and O–H groups in total. The number of hydrogen-bond donors (Lipinski definition) is 0. The number of rotatable bonds is 4. The SMILES string of the molecule is CC1(C)c2ccccc2-c2ccc3c4cc(-c5ccc6c(c5)c5ccccc5n6-c5ccccc5)ccc4n(-c4ccc(-c5cccc6c5oc5ccccc56)cc4)c3c21. The van der Waals surface area contributed by atoms with Crippen LogP contribution < -0.4 is 0 Å². The van der Waals surface area contributed by atoms with Gasteiger partial charge < -0.3 is 13.6 Å². The van der Waals surface area contributed by atoms with Crippen molar-refractivity contribution in [3.8, 4) is 44.8 Å². The molecule has 0 fully saturated rings. The van der Waals surface area contributed by atoms with E-state index in [0.29, 0.717) is 0 Å². The summed E-state index contributed by atoms with van der Waals surface area (Å²) >= 11 is 0. The van der Waals surface area contributed by atoms with E-state index in [1.54, 1.807) is 0 Å². The number of hydrogen-bond acceptors (Lipinski definition) is 1. The average Bonchev–Trinajstić information content (AvgIpc) is 4.01. The smallest absolute Gasteiger partial charge is 0.143 e.